The molecule has 0 bridgehead atoms. The van der Waals surface area contributed by atoms with Gasteiger partial charge >= 0.3 is 0 Å². The molecule has 1 saturated heterocycles. The average molecular weight is 521 g/mol. The van der Waals surface area contributed by atoms with Crippen molar-refractivity contribution in [3.8, 4) is 11.3 Å². The van der Waals surface area contributed by atoms with Crippen LogP contribution in [0, 0.1) is 5.92 Å². The Bertz CT molecular complexity index is 1280. The summed E-state index contributed by atoms with van der Waals surface area (Å²) in [6.07, 6.45) is 4.17. The van der Waals surface area contributed by atoms with Crippen LogP contribution in [0.1, 0.15) is 18.4 Å². The second kappa shape index (κ2) is 9.88. The van der Waals surface area contributed by atoms with Crippen LogP contribution in [-0.4, -0.2) is 47.0 Å². The fraction of sp³-hybridized carbons (Fsp3) is 0.280. The maximum atomic E-state index is 6.46. The number of anilines is 1. The van der Waals surface area contributed by atoms with Crippen LogP contribution in [0.2, 0.25) is 5.02 Å². The zero-order chi connectivity index (χ0) is 22.8. The molecule has 2 aromatic carbocycles. The van der Waals surface area contributed by atoms with E-state index in [0.717, 1.165) is 58.8 Å². The van der Waals surface area contributed by atoms with Crippen LogP contribution in [0.15, 0.2) is 65.3 Å². The summed E-state index contributed by atoms with van der Waals surface area (Å²) >= 11 is 10.0. The van der Waals surface area contributed by atoms with Crippen LogP contribution in [0.4, 0.5) is 5.82 Å². The van der Waals surface area contributed by atoms with Gasteiger partial charge in [-0.15, -0.1) is 0 Å². The average Bonchev–Trinajstić information content (AvgIpc) is 3.19. The van der Waals surface area contributed by atoms with Gasteiger partial charge < -0.3 is 5.32 Å². The van der Waals surface area contributed by atoms with E-state index < -0.39 is 0 Å². The summed E-state index contributed by atoms with van der Waals surface area (Å²) in [5.74, 6) is 1.46. The molecule has 1 atom stereocenters. The number of rotatable bonds is 6. The van der Waals surface area contributed by atoms with E-state index in [2.05, 4.69) is 43.4 Å². The van der Waals surface area contributed by atoms with E-state index in [1.54, 1.807) is 6.20 Å². The molecule has 2 aromatic heterocycles. The number of halogens is 2. The molecule has 0 aliphatic carbocycles. The lowest BCUT2D eigenvalue weighted by Crippen LogP contribution is -2.37. The first-order valence-electron chi connectivity index (χ1n) is 11.2. The molecule has 8 heteroatoms. The van der Waals surface area contributed by atoms with Crippen molar-refractivity contribution in [1.29, 1.82) is 0 Å². The fourth-order valence-electron chi connectivity index (χ4n) is 4.53. The second-order valence-electron chi connectivity index (χ2n) is 8.60. The molecule has 2 radical (unpaired) electrons. The van der Waals surface area contributed by atoms with Gasteiger partial charge in [0.2, 0.25) is 0 Å². The van der Waals surface area contributed by atoms with Gasteiger partial charge in [0.05, 0.1) is 16.4 Å². The number of benzene rings is 2. The molecular formula is C25H24BBrClN5. The van der Waals surface area contributed by atoms with Gasteiger partial charge in [-0.25, -0.2) is 4.98 Å². The molecule has 1 fully saturated rings. The third-order valence-electron chi connectivity index (χ3n) is 6.11. The lowest BCUT2D eigenvalue weighted by atomic mass is 9.93. The maximum Gasteiger partial charge on any atom is 0.172 e. The number of likely N-dealkylation sites (tertiary alicyclic amines) is 1. The Morgan fingerprint density at radius 3 is 2.88 bits per heavy atom. The van der Waals surface area contributed by atoms with Crippen molar-refractivity contribution < 1.29 is 0 Å². The maximum absolute atomic E-state index is 6.46. The Morgan fingerprint density at radius 2 is 2.03 bits per heavy atom. The lowest BCUT2D eigenvalue weighted by Gasteiger charge is -2.33. The summed E-state index contributed by atoms with van der Waals surface area (Å²) in [6, 6.07) is 18.0. The van der Waals surface area contributed by atoms with Crippen LogP contribution < -0.4 is 10.8 Å². The smallest absolute Gasteiger partial charge is 0.172 e. The van der Waals surface area contributed by atoms with Crippen molar-refractivity contribution >= 4 is 52.3 Å². The normalized spacial score (nSPS) is 16.8. The van der Waals surface area contributed by atoms with E-state index in [-0.39, 0.29) is 0 Å². The van der Waals surface area contributed by atoms with Gasteiger partial charge in [0.25, 0.3) is 0 Å². The zero-order valence-electron chi connectivity index (χ0n) is 18.2. The summed E-state index contributed by atoms with van der Waals surface area (Å²) < 4.78 is 2.70. The Morgan fingerprint density at radius 1 is 1.15 bits per heavy atom. The highest BCUT2D eigenvalue weighted by molar-refractivity contribution is 9.10. The molecular weight excluding hydrogens is 496 g/mol. The minimum atomic E-state index is 0.547. The van der Waals surface area contributed by atoms with E-state index in [1.807, 2.05) is 47.0 Å². The molecule has 5 rings (SSSR count). The van der Waals surface area contributed by atoms with E-state index >= 15 is 0 Å². The number of aromatic nitrogens is 3. The van der Waals surface area contributed by atoms with Gasteiger partial charge in [0.15, 0.2) is 5.65 Å². The first kappa shape index (κ1) is 22.4. The molecule has 33 heavy (non-hydrogen) atoms. The Balaban J connectivity index is 1.33. The third kappa shape index (κ3) is 5.10. The minimum absolute atomic E-state index is 0.547. The summed E-state index contributed by atoms with van der Waals surface area (Å²) in [4.78, 5) is 7.32. The first-order chi connectivity index (χ1) is 16.1. The number of fused-ring (bicyclic) bond motifs is 1. The first-order valence-corrected chi connectivity index (χ1v) is 12.3. The van der Waals surface area contributed by atoms with Gasteiger partial charge in [-0.05, 0) is 52.9 Å². The minimum Gasteiger partial charge on any atom is -0.370 e. The third-order valence-corrected chi connectivity index (χ3v) is 7.00. The van der Waals surface area contributed by atoms with Crippen molar-refractivity contribution in [1.82, 2.24) is 19.5 Å². The largest absolute Gasteiger partial charge is 0.370 e. The number of piperidine rings is 1. The van der Waals surface area contributed by atoms with Crippen molar-refractivity contribution in [3.63, 3.8) is 0 Å². The SMILES string of the molecule is [B]c1cccc(CN2CCCC(CNc3cc(-c4ccccc4Cl)nc4c(Br)cnn34)C2)c1. The summed E-state index contributed by atoms with van der Waals surface area (Å²) in [6.45, 7) is 3.97. The Labute approximate surface area is 208 Å². The van der Waals surface area contributed by atoms with E-state index in [1.165, 1.54) is 18.4 Å². The van der Waals surface area contributed by atoms with Crippen LogP contribution in [0.3, 0.4) is 0 Å². The van der Waals surface area contributed by atoms with Crippen LogP contribution in [0.5, 0.6) is 0 Å². The zero-order valence-corrected chi connectivity index (χ0v) is 20.6. The molecule has 3 heterocycles. The molecule has 1 N–H and O–H groups in total. The van der Waals surface area contributed by atoms with E-state index in [0.29, 0.717) is 10.9 Å². The van der Waals surface area contributed by atoms with Crippen molar-refractivity contribution in [3.05, 3.63) is 75.9 Å². The molecule has 0 spiro atoms. The van der Waals surface area contributed by atoms with Crippen molar-refractivity contribution in [2.75, 3.05) is 25.0 Å². The molecule has 0 amide bonds. The molecule has 5 nitrogen and oxygen atoms in total. The molecule has 0 saturated carbocycles. The van der Waals surface area contributed by atoms with Gasteiger partial charge in [0, 0.05) is 36.3 Å². The standard InChI is InChI=1S/C25H24BBrClN5/c26-19-7-3-5-17(11-19)15-32-10-4-6-18(16-32)13-29-24-12-23(20-8-1-2-9-22(20)28)31-25-21(27)14-30-33(24)25/h1-3,5,7-9,11-12,14,18,29H,4,6,10,13,15-16H2. The lowest BCUT2D eigenvalue weighted by molar-refractivity contribution is 0.173. The molecule has 1 unspecified atom stereocenters. The Kier molecular flexibility index (Phi) is 6.72. The highest BCUT2D eigenvalue weighted by Crippen LogP contribution is 2.30. The van der Waals surface area contributed by atoms with Crippen molar-refractivity contribution in [2.24, 2.45) is 5.92 Å². The van der Waals surface area contributed by atoms with Crippen molar-refractivity contribution in [2.45, 2.75) is 19.4 Å². The number of nitrogens with zero attached hydrogens (tertiary/aromatic N) is 4. The van der Waals surface area contributed by atoms with Crippen LogP contribution in [0.25, 0.3) is 16.9 Å². The predicted molar refractivity (Wildman–Crippen MR) is 139 cm³/mol. The quantitative estimate of drug-likeness (QED) is 0.366. The molecule has 4 aromatic rings. The highest BCUT2D eigenvalue weighted by Gasteiger charge is 2.21. The van der Waals surface area contributed by atoms with Gasteiger partial charge in [-0.3, -0.25) is 4.90 Å². The second-order valence-corrected chi connectivity index (χ2v) is 9.87. The Hall–Kier alpha value is -2.35. The monoisotopic (exact) mass is 519 g/mol. The predicted octanol–water partition coefficient (Wildman–Crippen LogP) is 4.93. The summed E-state index contributed by atoms with van der Waals surface area (Å²) in [7, 11) is 5.96. The fourth-order valence-corrected chi connectivity index (χ4v) is 5.11. The molecule has 1 aliphatic rings. The number of nitrogens with one attached hydrogen (secondary N) is 1. The summed E-state index contributed by atoms with van der Waals surface area (Å²) in [5, 5.41) is 8.83. The van der Waals surface area contributed by atoms with E-state index in [4.69, 9.17) is 24.4 Å². The molecule has 166 valence electrons. The topological polar surface area (TPSA) is 45.5 Å². The summed E-state index contributed by atoms with van der Waals surface area (Å²) in [5.41, 5.74) is 4.59. The van der Waals surface area contributed by atoms with Gasteiger partial charge in [0.1, 0.15) is 13.7 Å². The number of hydrogen-bond donors (Lipinski definition) is 1. The van der Waals surface area contributed by atoms with Crippen LogP contribution >= 0.6 is 27.5 Å². The van der Waals surface area contributed by atoms with Gasteiger partial charge in [-0.1, -0.05) is 59.5 Å². The highest BCUT2D eigenvalue weighted by atomic mass is 79.9. The van der Waals surface area contributed by atoms with E-state index in [9.17, 15) is 0 Å². The number of hydrogen-bond acceptors (Lipinski definition) is 4. The van der Waals surface area contributed by atoms with Gasteiger partial charge in [-0.2, -0.15) is 9.61 Å². The van der Waals surface area contributed by atoms with Crippen LogP contribution in [-0.2, 0) is 6.54 Å². The molecule has 1 aliphatic heterocycles.